The monoisotopic (exact) mass is 396 g/mol. The van der Waals surface area contributed by atoms with E-state index in [0.717, 1.165) is 6.42 Å². The Hall–Kier alpha value is -0.300. The van der Waals surface area contributed by atoms with Gasteiger partial charge in [0.1, 0.15) is 17.5 Å². The largest absolute Gasteiger partial charge is 0.486 e. The lowest BCUT2D eigenvalue weighted by Gasteiger charge is -2.27. The van der Waals surface area contributed by atoms with Crippen LogP contribution in [-0.4, -0.2) is 25.7 Å². The van der Waals surface area contributed by atoms with Crippen molar-refractivity contribution in [2.24, 2.45) is 0 Å². The lowest BCUT2D eigenvalue weighted by molar-refractivity contribution is -0.0846. The van der Waals surface area contributed by atoms with Crippen molar-refractivity contribution in [3.8, 4) is 5.75 Å². The van der Waals surface area contributed by atoms with Gasteiger partial charge in [0.2, 0.25) is 0 Å². The number of benzene rings is 1. The Morgan fingerprint density at radius 2 is 1.95 bits per heavy atom. The van der Waals surface area contributed by atoms with Crippen LogP contribution in [0.3, 0.4) is 0 Å². The van der Waals surface area contributed by atoms with E-state index in [1.807, 2.05) is 27.7 Å². The van der Waals surface area contributed by atoms with E-state index >= 15 is 0 Å². The Labute approximate surface area is 138 Å². The van der Waals surface area contributed by atoms with Gasteiger partial charge in [-0.25, -0.2) is 8.42 Å². The molecule has 1 unspecified atom stereocenters. The van der Waals surface area contributed by atoms with Crippen LogP contribution in [0.15, 0.2) is 27.6 Å². The molecule has 21 heavy (non-hydrogen) atoms. The second-order valence-electron chi connectivity index (χ2n) is 6.31. The Kier molecular flexibility index (Phi) is 4.39. The maximum atomic E-state index is 11.3. The molecule has 1 atom stereocenters. The lowest BCUT2D eigenvalue weighted by atomic mass is 9.97. The molecule has 0 bridgehead atoms. The van der Waals surface area contributed by atoms with Gasteiger partial charge in [-0.2, -0.15) is 0 Å². The predicted octanol–water partition coefficient (Wildman–Crippen LogP) is 4.10. The zero-order valence-electron chi connectivity index (χ0n) is 12.3. The van der Waals surface area contributed by atoms with E-state index in [1.54, 1.807) is 6.07 Å². The van der Waals surface area contributed by atoms with E-state index in [1.165, 1.54) is 12.1 Å². The van der Waals surface area contributed by atoms with Gasteiger partial charge in [0.15, 0.2) is 0 Å². The van der Waals surface area contributed by atoms with Gasteiger partial charge in [-0.3, -0.25) is 0 Å². The minimum Gasteiger partial charge on any atom is -0.486 e. The molecule has 0 spiro atoms. The van der Waals surface area contributed by atoms with Crippen molar-refractivity contribution in [1.29, 1.82) is 0 Å². The first-order chi connectivity index (χ1) is 9.41. The molecule has 0 radical (unpaired) electrons. The fourth-order valence-corrected chi connectivity index (χ4v) is 3.98. The summed E-state index contributed by atoms with van der Waals surface area (Å²) in [4.78, 5) is 0.0330. The van der Waals surface area contributed by atoms with Crippen molar-refractivity contribution in [2.75, 3.05) is 0 Å². The van der Waals surface area contributed by atoms with Crippen LogP contribution in [0, 0.1) is 0 Å². The van der Waals surface area contributed by atoms with Crippen LogP contribution in [0.1, 0.15) is 34.1 Å². The van der Waals surface area contributed by atoms with Crippen LogP contribution in [0.25, 0.3) is 0 Å². The zero-order valence-corrected chi connectivity index (χ0v) is 15.5. The normalized spacial score (nSPS) is 24.0. The van der Waals surface area contributed by atoms with Crippen LogP contribution in [-0.2, 0) is 13.8 Å². The molecule has 1 saturated heterocycles. The van der Waals surface area contributed by atoms with Crippen LogP contribution in [0.5, 0.6) is 5.75 Å². The fraction of sp³-hybridized carbons (Fsp3) is 0.571. The number of rotatable bonds is 3. The molecule has 1 aliphatic heterocycles. The average Bonchev–Trinajstić information content (AvgIpc) is 2.48. The third-order valence-electron chi connectivity index (χ3n) is 3.45. The zero-order chi connectivity index (χ0) is 16.1. The molecule has 0 aromatic heterocycles. The van der Waals surface area contributed by atoms with Gasteiger partial charge in [0.05, 0.1) is 15.0 Å². The molecule has 1 aromatic rings. The van der Waals surface area contributed by atoms with Crippen molar-refractivity contribution in [3.05, 3.63) is 22.7 Å². The van der Waals surface area contributed by atoms with Crippen molar-refractivity contribution in [3.63, 3.8) is 0 Å². The molecule has 1 heterocycles. The van der Waals surface area contributed by atoms with E-state index in [2.05, 4.69) is 15.9 Å². The Morgan fingerprint density at radius 3 is 2.38 bits per heavy atom. The first-order valence-corrected chi connectivity index (χ1v) is 9.62. The number of hydrogen-bond acceptors (Lipinski definition) is 4. The summed E-state index contributed by atoms with van der Waals surface area (Å²) in [6.07, 6.45) is 0.629. The van der Waals surface area contributed by atoms with Crippen molar-refractivity contribution in [2.45, 2.75) is 56.3 Å². The van der Waals surface area contributed by atoms with Gasteiger partial charge in [0.25, 0.3) is 9.05 Å². The third kappa shape index (κ3) is 3.92. The summed E-state index contributed by atoms with van der Waals surface area (Å²) >= 11 is 3.32. The van der Waals surface area contributed by atoms with E-state index in [-0.39, 0.29) is 16.6 Å². The van der Waals surface area contributed by atoms with E-state index in [9.17, 15) is 8.42 Å². The highest BCUT2D eigenvalue weighted by Crippen LogP contribution is 2.41. The van der Waals surface area contributed by atoms with Crippen LogP contribution < -0.4 is 4.74 Å². The third-order valence-corrected chi connectivity index (χ3v) is 5.42. The Morgan fingerprint density at radius 1 is 1.33 bits per heavy atom. The fourth-order valence-electron chi connectivity index (χ4n) is 2.58. The maximum absolute atomic E-state index is 11.3. The molecule has 2 rings (SSSR count). The van der Waals surface area contributed by atoms with Gasteiger partial charge >= 0.3 is 0 Å². The highest BCUT2D eigenvalue weighted by molar-refractivity contribution is 9.10. The van der Waals surface area contributed by atoms with Crippen LogP contribution in [0.2, 0.25) is 0 Å². The quantitative estimate of drug-likeness (QED) is 0.721. The predicted molar refractivity (Wildman–Crippen MR) is 85.5 cm³/mol. The summed E-state index contributed by atoms with van der Waals surface area (Å²) in [5.74, 6) is 0.568. The topological polar surface area (TPSA) is 52.6 Å². The Balaban J connectivity index is 2.25. The van der Waals surface area contributed by atoms with Gasteiger partial charge in [-0.05, 0) is 61.8 Å². The summed E-state index contributed by atoms with van der Waals surface area (Å²) in [5, 5.41) is 0. The summed E-state index contributed by atoms with van der Waals surface area (Å²) in [6.45, 7) is 8.02. The Bertz CT molecular complexity index is 655. The highest BCUT2D eigenvalue weighted by atomic mass is 79.9. The number of halogens is 2. The molecule has 0 amide bonds. The van der Waals surface area contributed by atoms with Crippen molar-refractivity contribution in [1.82, 2.24) is 0 Å². The van der Waals surface area contributed by atoms with Crippen LogP contribution >= 0.6 is 26.6 Å². The van der Waals surface area contributed by atoms with Crippen molar-refractivity contribution < 1.29 is 17.9 Å². The SMILES string of the molecule is CC1(C)CC(Oc2ccc(S(=O)(=O)Cl)cc2Br)C(C)(C)O1. The van der Waals surface area contributed by atoms with E-state index in [4.69, 9.17) is 20.2 Å². The molecular formula is C14H18BrClO4S. The first kappa shape index (κ1) is 17.1. The minimum absolute atomic E-state index is 0.0330. The molecule has 0 aliphatic carbocycles. The van der Waals surface area contributed by atoms with E-state index < -0.39 is 14.7 Å². The van der Waals surface area contributed by atoms with Gasteiger partial charge in [-0.15, -0.1) is 0 Å². The number of ether oxygens (including phenoxy) is 2. The molecule has 7 heteroatoms. The first-order valence-electron chi connectivity index (χ1n) is 6.52. The molecule has 1 fully saturated rings. The lowest BCUT2D eigenvalue weighted by Crippen LogP contribution is -2.36. The summed E-state index contributed by atoms with van der Waals surface area (Å²) < 4.78 is 35.2. The molecule has 1 aromatic carbocycles. The minimum atomic E-state index is -3.75. The smallest absolute Gasteiger partial charge is 0.261 e. The van der Waals surface area contributed by atoms with Crippen LogP contribution in [0.4, 0.5) is 0 Å². The molecule has 1 aliphatic rings. The second-order valence-corrected chi connectivity index (χ2v) is 9.73. The summed E-state index contributed by atoms with van der Waals surface area (Å²) in [5.41, 5.74) is -0.666. The standard InChI is InChI=1S/C14H18BrClO4S/c1-13(2)8-12(14(3,4)20-13)19-11-6-5-9(7-10(11)15)21(16,17)18/h5-7,12H,8H2,1-4H3. The molecular weight excluding hydrogens is 380 g/mol. The van der Waals surface area contributed by atoms with Gasteiger partial charge in [0, 0.05) is 17.1 Å². The number of hydrogen-bond donors (Lipinski definition) is 0. The molecule has 0 N–H and O–H groups in total. The van der Waals surface area contributed by atoms with Gasteiger partial charge in [-0.1, -0.05) is 0 Å². The summed E-state index contributed by atoms with van der Waals surface area (Å²) in [6, 6.07) is 4.46. The van der Waals surface area contributed by atoms with Crippen molar-refractivity contribution >= 4 is 35.7 Å². The molecule has 118 valence electrons. The van der Waals surface area contributed by atoms with Gasteiger partial charge < -0.3 is 9.47 Å². The highest BCUT2D eigenvalue weighted by Gasteiger charge is 2.47. The summed E-state index contributed by atoms with van der Waals surface area (Å²) in [7, 11) is 1.58. The van der Waals surface area contributed by atoms with E-state index in [0.29, 0.717) is 10.2 Å². The molecule has 4 nitrogen and oxygen atoms in total. The second kappa shape index (κ2) is 5.41. The maximum Gasteiger partial charge on any atom is 0.261 e. The molecule has 0 saturated carbocycles. The average molecular weight is 398 g/mol.